The largest absolute Gasteiger partial charge is 0.295 e. The first-order chi connectivity index (χ1) is 10.6. The number of carbonyl (C=O) groups is 1. The third-order valence-electron chi connectivity index (χ3n) is 3.97. The number of thioether (sulfide) groups is 1. The first kappa shape index (κ1) is 15.1. The molecular formula is C18H18FNOS. The van der Waals surface area contributed by atoms with Gasteiger partial charge in [-0.25, -0.2) is 4.39 Å². The van der Waals surface area contributed by atoms with Crippen molar-refractivity contribution in [2.75, 3.05) is 10.7 Å². The first-order valence-electron chi connectivity index (χ1n) is 7.39. The van der Waals surface area contributed by atoms with Gasteiger partial charge in [0.15, 0.2) is 0 Å². The number of nitrogens with zero attached hydrogens (tertiary/aromatic N) is 1. The summed E-state index contributed by atoms with van der Waals surface area (Å²) in [7, 11) is 0. The number of aryl methyl sites for hydroxylation is 2. The summed E-state index contributed by atoms with van der Waals surface area (Å²) in [4.78, 5) is 14.1. The molecule has 4 heteroatoms. The van der Waals surface area contributed by atoms with Crippen molar-refractivity contribution in [3.63, 3.8) is 0 Å². The molecule has 2 aromatic rings. The summed E-state index contributed by atoms with van der Waals surface area (Å²) >= 11 is 1.59. The van der Waals surface area contributed by atoms with Gasteiger partial charge in [-0.1, -0.05) is 37.3 Å². The van der Waals surface area contributed by atoms with Crippen LogP contribution in [-0.2, 0) is 11.2 Å². The molecule has 22 heavy (non-hydrogen) atoms. The molecule has 114 valence electrons. The van der Waals surface area contributed by atoms with E-state index < -0.39 is 0 Å². The van der Waals surface area contributed by atoms with E-state index in [4.69, 9.17) is 0 Å². The maximum atomic E-state index is 13.6. The van der Waals surface area contributed by atoms with Crippen molar-refractivity contribution in [1.82, 2.24) is 0 Å². The molecule has 2 aromatic carbocycles. The van der Waals surface area contributed by atoms with Gasteiger partial charge < -0.3 is 0 Å². The Balaban J connectivity index is 2.00. The zero-order valence-corrected chi connectivity index (χ0v) is 13.5. The number of hydrogen-bond donors (Lipinski definition) is 0. The van der Waals surface area contributed by atoms with Crippen molar-refractivity contribution in [1.29, 1.82) is 0 Å². The number of hydrogen-bond acceptors (Lipinski definition) is 2. The smallest absolute Gasteiger partial charge is 0.238 e. The Kier molecular flexibility index (Phi) is 4.21. The van der Waals surface area contributed by atoms with Crippen molar-refractivity contribution in [3.05, 3.63) is 65.0 Å². The number of benzene rings is 2. The van der Waals surface area contributed by atoms with Crippen molar-refractivity contribution in [3.8, 4) is 0 Å². The molecule has 1 aliphatic heterocycles. The van der Waals surface area contributed by atoms with Gasteiger partial charge in [-0.2, -0.15) is 0 Å². The number of rotatable bonds is 3. The van der Waals surface area contributed by atoms with Gasteiger partial charge in [-0.3, -0.25) is 9.69 Å². The Morgan fingerprint density at radius 3 is 2.64 bits per heavy atom. The predicted octanol–water partition coefficient (Wildman–Crippen LogP) is 4.48. The topological polar surface area (TPSA) is 20.3 Å². The highest BCUT2D eigenvalue weighted by atomic mass is 32.2. The summed E-state index contributed by atoms with van der Waals surface area (Å²) in [5.41, 5.74) is 3.93. The molecule has 1 fully saturated rings. The van der Waals surface area contributed by atoms with Crippen LogP contribution in [-0.4, -0.2) is 11.7 Å². The lowest BCUT2D eigenvalue weighted by molar-refractivity contribution is -0.115. The minimum atomic E-state index is -0.314. The molecular weight excluding hydrogens is 297 g/mol. The highest BCUT2D eigenvalue weighted by molar-refractivity contribution is 8.00. The molecule has 1 heterocycles. The van der Waals surface area contributed by atoms with Crippen LogP contribution in [0.1, 0.15) is 29.0 Å². The lowest BCUT2D eigenvalue weighted by Gasteiger charge is -2.26. The lowest BCUT2D eigenvalue weighted by Crippen LogP contribution is -2.28. The summed E-state index contributed by atoms with van der Waals surface area (Å²) < 4.78 is 13.6. The quantitative estimate of drug-likeness (QED) is 0.832. The van der Waals surface area contributed by atoms with Crippen LogP contribution in [0, 0.1) is 12.7 Å². The number of anilines is 1. The van der Waals surface area contributed by atoms with Crippen LogP contribution in [0.3, 0.4) is 0 Å². The van der Waals surface area contributed by atoms with Crippen LogP contribution in [0.15, 0.2) is 42.5 Å². The van der Waals surface area contributed by atoms with Gasteiger partial charge >= 0.3 is 0 Å². The molecule has 0 aromatic heterocycles. The number of amides is 1. The van der Waals surface area contributed by atoms with E-state index in [1.165, 1.54) is 17.7 Å². The third kappa shape index (κ3) is 2.75. The molecule has 1 aliphatic rings. The highest BCUT2D eigenvalue weighted by Gasteiger charge is 2.34. The molecule has 0 aliphatic carbocycles. The van der Waals surface area contributed by atoms with Crippen LogP contribution < -0.4 is 4.90 Å². The van der Waals surface area contributed by atoms with E-state index in [1.54, 1.807) is 22.7 Å². The molecule has 0 bridgehead atoms. The first-order valence-corrected chi connectivity index (χ1v) is 8.43. The van der Waals surface area contributed by atoms with Crippen LogP contribution >= 0.6 is 11.8 Å². The van der Waals surface area contributed by atoms with Crippen molar-refractivity contribution < 1.29 is 9.18 Å². The van der Waals surface area contributed by atoms with E-state index in [0.717, 1.165) is 17.5 Å². The molecule has 0 radical (unpaired) electrons. The van der Waals surface area contributed by atoms with E-state index in [9.17, 15) is 9.18 Å². The number of halogens is 1. The molecule has 0 N–H and O–H groups in total. The van der Waals surface area contributed by atoms with Gasteiger partial charge in [-0.05, 0) is 42.2 Å². The Labute approximate surface area is 134 Å². The van der Waals surface area contributed by atoms with Gasteiger partial charge in [-0.15, -0.1) is 11.8 Å². The SMILES string of the molecule is CCc1ccc(C2SCC(=O)N2c2cc(F)ccc2C)cc1. The van der Waals surface area contributed by atoms with E-state index in [1.807, 2.05) is 6.92 Å². The maximum Gasteiger partial charge on any atom is 0.238 e. The van der Waals surface area contributed by atoms with Gasteiger partial charge in [0.05, 0.1) is 11.4 Å². The Morgan fingerprint density at radius 2 is 1.95 bits per heavy atom. The second-order valence-corrected chi connectivity index (χ2v) is 6.52. The maximum absolute atomic E-state index is 13.6. The molecule has 1 amide bonds. The van der Waals surface area contributed by atoms with Crippen molar-refractivity contribution >= 4 is 23.4 Å². The van der Waals surface area contributed by atoms with Crippen molar-refractivity contribution in [2.45, 2.75) is 25.6 Å². The standard InChI is InChI=1S/C18H18FNOS/c1-3-13-5-7-14(8-6-13)18-20(17(21)11-22-18)16-10-15(19)9-4-12(16)2/h4-10,18H,3,11H2,1-2H3. The van der Waals surface area contributed by atoms with Crippen LogP contribution in [0.5, 0.6) is 0 Å². The minimum Gasteiger partial charge on any atom is -0.295 e. The Morgan fingerprint density at radius 1 is 1.23 bits per heavy atom. The van der Waals surface area contributed by atoms with Crippen LogP contribution in [0.25, 0.3) is 0 Å². The average molecular weight is 315 g/mol. The highest BCUT2D eigenvalue weighted by Crippen LogP contribution is 2.42. The summed E-state index contributed by atoms with van der Waals surface area (Å²) in [6.45, 7) is 4.02. The molecule has 3 rings (SSSR count). The molecule has 1 atom stereocenters. The molecule has 0 spiro atoms. The normalized spacial score (nSPS) is 18.0. The fourth-order valence-corrected chi connectivity index (χ4v) is 3.86. The van der Waals surface area contributed by atoms with Crippen LogP contribution in [0.2, 0.25) is 0 Å². The lowest BCUT2D eigenvalue weighted by atomic mass is 10.1. The van der Waals surface area contributed by atoms with Gasteiger partial charge in [0, 0.05) is 0 Å². The Bertz CT molecular complexity index is 699. The van der Waals surface area contributed by atoms with Crippen LogP contribution in [0.4, 0.5) is 10.1 Å². The second kappa shape index (κ2) is 6.13. The Hall–Kier alpha value is -1.81. The zero-order chi connectivity index (χ0) is 15.7. The van der Waals surface area contributed by atoms with E-state index in [2.05, 4.69) is 31.2 Å². The third-order valence-corrected chi connectivity index (χ3v) is 5.18. The minimum absolute atomic E-state index is 0.0308. The zero-order valence-electron chi connectivity index (χ0n) is 12.7. The predicted molar refractivity (Wildman–Crippen MR) is 89.6 cm³/mol. The van der Waals surface area contributed by atoms with Gasteiger partial charge in [0.1, 0.15) is 11.2 Å². The van der Waals surface area contributed by atoms with Crippen molar-refractivity contribution in [2.24, 2.45) is 0 Å². The fourth-order valence-electron chi connectivity index (χ4n) is 2.69. The molecule has 2 nitrogen and oxygen atoms in total. The average Bonchev–Trinajstić information content (AvgIpc) is 2.91. The summed E-state index contributed by atoms with van der Waals surface area (Å²) in [5.74, 6) is 0.143. The van der Waals surface area contributed by atoms with Gasteiger partial charge in [0.25, 0.3) is 0 Å². The number of carbonyl (C=O) groups excluding carboxylic acids is 1. The summed E-state index contributed by atoms with van der Waals surface area (Å²) in [6, 6.07) is 12.9. The van der Waals surface area contributed by atoms with E-state index in [0.29, 0.717) is 11.4 Å². The molecule has 0 saturated carbocycles. The van der Waals surface area contributed by atoms with E-state index in [-0.39, 0.29) is 17.1 Å². The molecule has 1 unspecified atom stereocenters. The second-order valence-electron chi connectivity index (χ2n) is 5.45. The summed E-state index contributed by atoms with van der Waals surface area (Å²) in [6.07, 6.45) is 0.990. The monoisotopic (exact) mass is 315 g/mol. The van der Waals surface area contributed by atoms with Gasteiger partial charge in [0.2, 0.25) is 5.91 Å². The van der Waals surface area contributed by atoms with E-state index >= 15 is 0 Å². The molecule has 1 saturated heterocycles. The fraction of sp³-hybridized carbons (Fsp3) is 0.278. The summed E-state index contributed by atoms with van der Waals surface area (Å²) in [5, 5.41) is -0.0843.